The normalized spacial score (nSPS) is 10.9. The van der Waals surface area contributed by atoms with Crippen molar-refractivity contribution in [3.8, 4) is 34.4 Å². The first-order valence-electron chi connectivity index (χ1n) is 10.4. The third-order valence-electron chi connectivity index (χ3n) is 4.50. The zero-order valence-electron chi connectivity index (χ0n) is 19.1. The fourth-order valence-electron chi connectivity index (χ4n) is 2.90. The standard InChI is InChI=1S/C15H14F3NO2.C9H8ClN3O2/c1-19-10-11-2-4-12(5-3-11)20-13-6-8-14(9-7-13)21-15(16,17)18;1-5-11-4-13(12-5)6-2-7(10)9(15)8(14)3-6/h2-9,19H,10H2,1H3;2-4,14-15H,1H3. The van der Waals surface area contributed by atoms with E-state index in [9.17, 15) is 23.4 Å². The maximum absolute atomic E-state index is 12.0. The van der Waals surface area contributed by atoms with Gasteiger partial charge in [-0.25, -0.2) is 9.67 Å². The predicted octanol–water partition coefficient (Wildman–Crippen LogP) is 5.74. The minimum absolute atomic E-state index is 0.0677. The van der Waals surface area contributed by atoms with Crippen molar-refractivity contribution in [2.45, 2.75) is 19.8 Å². The molecule has 0 fully saturated rings. The molecule has 0 spiro atoms. The first kappa shape index (κ1) is 26.6. The molecule has 0 saturated carbocycles. The second-order valence-electron chi connectivity index (χ2n) is 7.33. The van der Waals surface area contributed by atoms with Crippen LogP contribution in [-0.4, -0.2) is 38.4 Å². The molecule has 0 unspecified atom stereocenters. The van der Waals surface area contributed by atoms with E-state index in [-0.39, 0.29) is 22.3 Å². The van der Waals surface area contributed by atoms with E-state index in [1.54, 1.807) is 19.1 Å². The van der Waals surface area contributed by atoms with Gasteiger partial charge in [-0.1, -0.05) is 23.7 Å². The van der Waals surface area contributed by atoms with Gasteiger partial charge < -0.3 is 25.0 Å². The average molecular weight is 523 g/mol. The summed E-state index contributed by atoms with van der Waals surface area (Å²) in [6.07, 6.45) is -3.19. The van der Waals surface area contributed by atoms with Crippen LogP contribution in [-0.2, 0) is 6.54 Å². The average Bonchev–Trinajstić information content (AvgIpc) is 3.26. The molecule has 4 aromatic rings. The number of nitrogens with one attached hydrogen (secondary N) is 1. The van der Waals surface area contributed by atoms with Crippen LogP contribution >= 0.6 is 11.6 Å². The molecule has 4 rings (SSSR count). The van der Waals surface area contributed by atoms with E-state index < -0.39 is 6.36 Å². The van der Waals surface area contributed by atoms with Crippen molar-refractivity contribution >= 4 is 11.6 Å². The van der Waals surface area contributed by atoms with E-state index in [0.29, 0.717) is 23.0 Å². The highest BCUT2D eigenvalue weighted by atomic mass is 35.5. The van der Waals surface area contributed by atoms with Gasteiger partial charge in [0.25, 0.3) is 0 Å². The largest absolute Gasteiger partial charge is 0.573 e. The Kier molecular flexibility index (Phi) is 8.62. The van der Waals surface area contributed by atoms with Gasteiger partial charge in [-0.15, -0.1) is 13.2 Å². The molecule has 0 amide bonds. The van der Waals surface area contributed by atoms with Gasteiger partial charge >= 0.3 is 6.36 Å². The van der Waals surface area contributed by atoms with Gasteiger partial charge in [-0.3, -0.25) is 0 Å². The second kappa shape index (κ2) is 11.6. The summed E-state index contributed by atoms with van der Waals surface area (Å²) in [5.74, 6) is 0.756. The smallest absolute Gasteiger partial charge is 0.504 e. The van der Waals surface area contributed by atoms with E-state index in [2.05, 4.69) is 20.1 Å². The van der Waals surface area contributed by atoms with Crippen LogP contribution in [0.5, 0.6) is 28.7 Å². The highest BCUT2D eigenvalue weighted by Gasteiger charge is 2.31. The molecule has 0 bridgehead atoms. The second-order valence-corrected chi connectivity index (χ2v) is 7.73. The summed E-state index contributed by atoms with van der Waals surface area (Å²) >= 11 is 5.70. The molecule has 0 aliphatic rings. The first-order valence-corrected chi connectivity index (χ1v) is 10.8. The van der Waals surface area contributed by atoms with Crippen LogP contribution in [0.25, 0.3) is 5.69 Å². The van der Waals surface area contributed by atoms with Crippen LogP contribution in [0.15, 0.2) is 67.0 Å². The molecule has 0 saturated heterocycles. The number of aromatic hydroxyl groups is 2. The van der Waals surface area contributed by atoms with Crippen LogP contribution in [0.4, 0.5) is 13.2 Å². The van der Waals surface area contributed by atoms with Crippen molar-refractivity contribution in [2.75, 3.05) is 7.05 Å². The Labute approximate surface area is 209 Å². The molecule has 190 valence electrons. The molecule has 1 aromatic heterocycles. The molecule has 36 heavy (non-hydrogen) atoms. The van der Waals surface area contributed by atoms with Gasteiger partial charge in [0.2, 0.25) is 0 Å². The van der Waals surface area contributed by atoms with E-state index in [1.807, 2.05) is 19.2 Å². The number of alkyl halides is 3. The van der Waals surface area contributed by atoms with Crippen LogP contribution in [0.2, 0.25) is 5.02 Å². The van der Waals surface area contributed by atoms with Gasteiger partial charge in [-0.05, 0) is 62.0 Å². The van der Waals surface area contributed by atoms with Crippen LogP contribution in [0.1, 0.15) is 11.4 Å². The number of benzene rings is 3. The lowest BCUT2D eigenvalue weighted by Crippen LogP contribution is -2.16. The number of halogens is 4. The number of aryl methyl sites for hydroxylation is 1. The molecule has 0 aliphatic carbocycles. The third kappa shape index (κ3) is 7.79. The maximum Gasteiger partial charge on any atom is 0.573 e. The van der Waals surface area contributed by atoms with Gasteiger partial charge in [0.1, 0.15) is 29.4 Å². The van der Waals surface area contributed by atoms with Crippen molar-refractivity contribution in [1.29, 1.82) is 0 Å². The van der Waals surface area contributed by atoms with Crippen molar-refractivity contribution in [1.82, 2.24) is 20.1 Å². The Balaban J connectivity index is 0.000000212. The van der Waals surface area contributed by atoms with E-state index in [1.165, 1.54) is 47.4 Å². The lowest BCUT2D eigenvalue weighted by atomic mass is 10.2. The zero-order chi connectivity index (χ0) is 26.3. The number of rotatable bonds is 6. The van der Waals surface area contributed by atoms with Crippen molar-refractivity contribution in [3.63, 3.8) is 0 Å². The highest BCUT2D eigenvalue weighted by molar-refractivity contribution is 6.32. The maximum atomic E-state index is 12.0. The van der Waals surface area contributed by atoms with E-state index in [4.69, 9.17) is 16.3 Å². The number of nitrogens with zero attached hydrogens (tertiary/aromatic N) is 3. The van der Waals surface area contributed by atoms with Crippen LogP contribution in [0.3, 0.4) is 0 Å². The first-order chi connectivity index (χ1) is 17.0. The number of aromatic nitrogens is 3. The summed E-state index contributed by atoms with van der Waals surface area (Å²) in [4.78, 5) is 3.94. The molecular formula is C24H22ClF3N4O4. The van der Waals surface area contributed by atoms with Gasteiger partial charge in [0.15, 0.2) is 11.5 Å². The lowest BCUT2D eigenvalue weighted by Gasteiger charge is -2.10. The zero-order valence-corrected chi connectivity index (χ0v) is 19.9. The van der Waals surface area contributed by atoms with Gasteiger partial charge in [-0.2, -0.15) is 5.10 Å². The molecule has 0 radical (unpaired) electrons. The van der Waals surface area contributed by atoms with Crippen molar-refractivity contribution in [3.05, 3.63) is 83.4 Å². The minimum atomic E-state index is -4.69. The summed E-state index contributed by atoms with van der Waals surface area (Å²) in [7, 11) is 1.86. The predicted molar refractivity (Wildman–Crippen MR) is 127 cm³/mol. The Morgan fingerprint density at radius 1 is 0.972 bits per heavy atom. The van der Waals surface area contributed by atoms with Crippen LogP contribution < -0.4 is 14.8 Å². The molecule has 3 aromatic carbocycles. The Hall–Kier alpha value is -3.96. The van der Waals surface area contributed by atoms with E-state index >= 15 is 0 Å². The van der Waals surface area contributed by atoms with Gasteiger partial charge in [0.05, 0.1) is 10.7 Å². The minimum Gasteiger partial charge on any atom is -0.504 e. The third-order valence-corrected chi connectivity index (χ3v) is 4.78. The Bertz CT molecular complexity index is 1260. The molecule has 0 atom stereocenters. The molecule has 0 aliphatic heterocycles. The SMILES string of the molecule is CNCc1ccc(Oc2ccc(OC(F)(F)F)cc2)cc1.Cc1ncn(-c2cc(O)c(O)c(Cl)c2)n1. The summed E-state index contributed by atoms with van der Waals surface area (Å²) in [6.45, 7) is 2.50. The Morgan fingerprint density at radius 3 is 2.06 bits per heavy atom. The van der Waals surface area contributed by atoms with Crippen LogP contribution in [0, 0.1) is 6.92 Å². The fraction of sp³-hybridized carbons (Fsp3) is 0.167. The molecule has 12 heteroatoms. The molecule has 8 nitrogen and oxygen atoms in total. The summed E-state index contributed by atoms with van der Waals surface area (Å²) in [5.41, 5.74) is 1.65. The molecular weight excluding hydrogens is 501 g/mol. The number of hydrogen-bond acceptors (Lipinski definition) is 7. The summed E-state index contributed by atoms with van der Waals surface area (Å²) in [5, 5.41) is 25.8. The number of ether oxygens (including phenoxy) is 2. The van der Waals surface area contributed by atoms with E-state index in [0.717, 1.165) is 12.1 Å². The molecule has 3 N–H and O–H groups in total. The number of hydrogen-bond donors (Lipinski definition) is 3. The quantitative estimate of drug-likeness (QED) is 0.278. The highest BCUT2D eigenvalue weighted by Crippen LogP contribution is 2.35. The number of phenols is 2. The van der Waals surface area contributed by atoms with Gasteiger partial charge in [0, 0.05) is 12.6 Å². The van der Waals surface area contributed by atoms with Crippen molar-refractivity contribution < 1.29 is 32.9 Å². The topological polar surface area (TPSA) is 102 Å². The number of phenolic OH excluding ortho intramolecular Hbond substituents is 2. The monoisotopic (exact) mass is 522 g/mol. The lowest BCUT2D eigenvalue weighted by molar-refractivity contribution is -0.274. The Morgan fingerprint density at radius 2 is 1.56 bits per heavy atom. The van der Waals surface area contributed by atoms with Crippen molar-refractivity contribution in [2.24, 2.45) is 0 Å². The fourth-order valence-corrected chi connectivity index (χ4v) is 3.11. The summed E-state index contributed by atoms with van der Waals surface area (Å²) < 4.78 is 46.9. The molecule has 1 heterocycles. The summed E-state index contributed by atoms with van der Waals surface area (Å²) in [6, 6.07) is 15.5.